The van der Waals surface area contributed by atoms with Gasteiger partial charge in [-0.25, -0.2) is 0 Å². The van der Waals surface area contributed by atoms with Crippen LogP contribution in [0.4, 0.5) is 0 Å². The van der Waals surface area contributed by atoms with Gasteiger partial charge in [0.15, 0.2) is 0 Å². The van der Waals surface area contributed by atoms with Gasteiger partial charge in [-0.15, -0.1) is 0 Å². The van der Waals surface area contributed by atoms with E-state index in [1.807, 2.05) is 34.6 Å². The molecule has 0 amide bonds. The summed E-state index contributed by atoms with van der Waals surface area (Å²) < 4.78 is 26.8. The monoisotopic (exact) mass is 502 g/mol. The summed E-state index contributed by atoms with van der Waals surface area (Å²) in [5.74, 6) is -1.12. The second-order valence-electron chi connectivity index (χ2n) is 10.6. The van der Waals surface area contributed by atoms with Gasteiger partial charge in [0.2, 0.25) is 0 Å². The summed E-state index contributed by atoms with van der Waals surface area (Å²) in [6.07, 6.45) is 1.85. The van der Waals surface area contributed by atoms with Crippen molar-refractivity contribution in [2.24, 2.45) is 16.2 Å². The first-order chi connectivity index (χ1) is 16.3. The molecule has 1 fully saturated rings. The zero-order chi connectivity index (χ0) is 26.7. The van der Waals surface area contributed by atoms with Crippen LogP contribution in [0.15, 0.2) is 0 Å². The van der Waals surface area contributed by atoms with Crippen LogP contribution in [-0.2, 0) is 38.1 Å². The van der Waals surface area contributed by atoms with Gasteiger partial charge in [-0.3, -0.25) is 14.4 Å². The van der Waals surface area contributed by atoms with E-state index >= 15 is 0 Å². The highest BCUT2D eigenvalue weighted by Crippen LogP contribution is 2.41. The molecule has 1 aliphatic heterocycles. The lowest BCUT2D eigenvalue weighted by molar-refractivity contribution is -0.164. The fourth-order valence-electron chi connectivity index (χ4n) is 3.54. The summed E-state index contributed by atoms with van der Waals surface area (Å²) in [7, 11) is 0. The first kappa shape index (κ1) is 31.3. The number of hydrogen-bond acceptors (Lipinski definition) is 9. The van der Waals surface area contributed by atoms with Crippen LogP contribution < -0.4 is 0 Å². The van der Waals surface area contributed by atoms with Gasteiger partial charge in [-0.2, -0.15) is 0 Å². The smallest absolute Gasteiger partial charge is 0.311 e. The van der Waals surface area contributed by atoms with Crippen LogP contribution in [0.3, 0.4) is 0 Å². The predicted octanol–water partition coefficient (Wildman–Crippen LogP) is 3.44. The third kappa shape index (κ3) is 10.4. The molecule has 9 nitrogen and oxygen atoms in total. The number of aliphatic hydroxyl groups is 1. The maximum absolute atomic E-state index is 13.3. The molecule has 0 bridgehead atoms. The fourth-order valence-corrected chi connectivity index (χ4v) is 3.54. The molecule has 0 aromatic heterocycles. The minimum absolute atomic E-state index is 0.0135. The van der Waals surface area contributed by atoms with E-state index in [1.165, 1.54) is 0 Å². The summed E-state index contributed by atoms with van der Waals surface area (Å²) in [6.45, 7) is 14.0. The summed E-state index contributed by atoms with van der Waals surface area (Å²) in [4.78, 5) is 38.5. The van der Waals surface area contributed by atoms with Crippen molar-refractivity contribution < 1.29 is 43.2 Å². The van der Waals surface area contributed by atoms with Crippen molar-refractivity contribution in [3.8, 4) is 0 Å². The van der Waals surface area contributed by atoms with Crippen molar-refractivity contribution >= 4 is 17.9 Å². The van der Waals surface area contributed by atoms with E-state index in [1.54, 1.807) is 13.8 Å². The molecule has 0 aromatic rings. The second kappa shape index (κ2) is 14.1. The van der Waals surface area contributed by atoms with E-state index in [4.69, 9.17) is 28.8 Å². The molecule has 0 saturated carbocycles. The van der Waals surface area contributed by atoms with E-state index in [2.05, 4.69) is 0 Å². The van der Waals surface area contributed by atoms with Crippen molar-refractivity contribution in [1.82, 2.24) is 0 Å². The molecule has 1 N–H and O–H groups in total. The van der Waals surface area contributed by atoms with Crippen LogP contribution in [0.5, 0.6) is 0 Å². The van der Waals surface area contributed by atoms with Crippen LogP contribution in [0.1, 0.15) is 80.6 Å². The third-order valence-electron chi connectivity index (χ3n) is 6.88. The van der Waals surface area contributed by atoms with E-state index in [0.717, 1.165) is 0 Å². The molecule has 0 radical (unpaired) electrons. The van der Waals surface area contributed by atoms with Gasteiger partial charge in [0.25, 0.3) is 0 Å². The quantitative estimate of drug-likeness (QED) is 0.171. The van der Waals surface area contributed by atoms with E-state index in [0.29, 0.717) is 45.3 Å². The summed E-state index contributed by atoms with van der Waals surface area (Å²) >= 11 is 0. The van der Waals surface area contributed by atoms with Crippen molar-refractivity contribution in [3.63, 3.8) is 0 Å². The van der Waals surface area contributed by atoms with Gasteiger partial charge in [0.1, 0.15) is 25.9 Å². The van der Waals surface area contributed by atoms with Crippen LogP contribution in [0.25, 0.3) is 0 Å². The Bertz CT molecular complexity index is 688. The highest BCUT2D eigenvalue weighted by molar-refractivity contribution is 5.79. The van der Waals surface area contributed by atoms with Gasteiger partial charge in [-0.05, 0) is 73.6 Å². The van der Waals surface area contributed by atoms with E-state index < -0.39 is 22.2 Å². The Kier molecular flexibility index (Phi) is 12.7. The molecule has 35 heavy (non-hydrogen) atoms. The molecule has 1 heterocycles. The van der Waals surface area contributed by atoms with E-state index in [9.17, 15) is 14.4 Å². The fraction of sp³-hybridized carbons (Fsp3) is 0.885. The average molecular weight is 503 g/mol. The molecule has 204 valence electrons. The maximum Gasteiger partial charge on any atom is 0.311 e. The molecule has 1 aliphatic rings. The van der Waals surface area contributed by atoms with E-state index in [-0.39, 0.29) is 50.6 Å². The Morgan fingerprint density at radius 3 is 2.03 bits per heavy atom. The Balaban J connectivity index is 2.93. The van der Waals surface area contributed by atoms with Gasteiger partial charge in [0.05, 0.1) is 35.6 Å². The van der Waals surface area contributed by atoms with Crippen LogP contribution in [0.2, 0.25) is 0 Å². The normalized spacial score (nSPS) is 19.7. The van der Waals surface area contributed by atoms with Gasteiger partial charge < -0.3 is 28.8 Å². The Morgan fingerprint density at radius 2 is 1.49 bits per heavy atom. The minimum Gasteiger partial charge on any atom is -0.463 e. The topological polar surface area (TPSA) is 121 Å². The summed E-state index contributed by atoms with van der Waals surface area (Å²) in [5.41, 5.74) is -2.55. The number of hydrogen-bond donors (Lipinski definition) is 1. The molecule has 1 saturated heterocycles. The molecule has 9 heteroatoms. The first-order valence-electron chi connectivity index (χ1n) is 12.7. The maximum atomic E-state index is 13.3. The highest BCUT2D eigenvalue weighted by atomic mass is 16.6. The SMILES string of the molecule is CCOC(C)COC(=O)C(C)(CCC(C)(C)C(=O)OCCO)CCC(C)(CC)C(=O)OCC1CO1. The molecule has 0 aromatic carbocycles. The number of rotatable bonds is 18. The van der Waals surface area contributed by atoms with Gasteiger partial charge >= 0.3 is 17.9 Å². The molecule has 4 unspecified atom stereocenters. The van der Waals surface area contributed by atoms with Crippen LogP contribution in [0, 0.1) is 16.2 Å². The van der Waals surface area contributed by atoms with Crippen LogP contribution >= 0.6 is 0 Å². The highest BCUT2D eigenvalue weighted by Gasteiger charge is 2.43. The summed E-state index contributed by atoms with van der Waals surface area (Å²) in [6, 6.07) is 0. The van der Waals surface area contributed by atoms with Gasteiger partial charge in [-0.1, -0.05) is 6.92 Å². The Hall–Kier alpha value is -1.71. The van der Waals surface area contributed by atoms with Gasteiger partial charge in [0, 0.05) is 6.61 Å². The molecule has 0 spiro atoms. The number of carbonyl (C=O) groups excluding carboxylic acids is 3. The predicted molar refractivity (Wildman–Crippen MR) is 130 cm³/mol. The largest absolute Gasteiger partial charge is 0.463 e. The molecular weight excluding hydrogens is 456 g/mol. The number of aliphatic hydroxyl groups excluding tert-OH is 1. The van der Waals surface area contributed by atoms with Crippen molar-refractivity contribution in [2.45, 2.75) is 92.8 Å². The number of carbonyl (C=O) groups is 3. The molecule has 0 aliphatic carbocycles. The third-order valence-corrected chi connectivity index (χ3v) is 6.88. The standard InChI is InChI=1S/C26H46O9/c1-8-25(6,22(29)35-18-20-17-33-20)12-13-26(7,23(30)34-16-19(3)31-9-2)11-10-24(4,5)21(28)32-15-14-27/h19-20,27H,8-18H2,1-7H3. The lowest BCUT2D eigenvalue weighted by atomic mass is 9.71. The summed E-state index contributed by atoms with van der Waals surface area (Å²) in [5, 5.41) is 8.95. The minimum atomic E-state index is -0.934. The number of ether oxygens (including phenoxy) is 5. The second-order valence-corrected chi connectivity index (χ2v) is 10.6. The molecule has 4 atom stereocenters. The average Bonchev–Trinajstić information content (AvgIpc) is 3.66. The zero-order valence-electron chi connectivity index (χ0n) is 22.6. The van der Waals surface area contributed by atoms with Crippen molar-refractivity contribution in [1.29, 1.82) is 0 Å². The van der Waals surface area contributed by atoms with Crippen molar-refractivity contribution in [3.05, 3.63) is 0 Å². The lowest BCUT2D eigenvalue weighted by Gasteiger charge is -2.34. The Labute approximate surface area is 210 Å². The molecule has 1 rings (SSSR count). The number of epoxide rings is 1. The lowest BCUT2D eigenvalue weighted by Crippen LogP contribution is -2.38. The first-order valence-corrected chi connectivity index (χ1v) is 12.7. The number of esters is 3. The Morgan fingerprint density at radius 1 is 0.914 bits per heavy atom. The van der Waals surface area contributed by atoms with Crippen LogP contribution in [-0.4, -0.2) is 74.9 Å². The molecular formula is C26H46O9. The van der Waals surface area contributed by atoms with Crippen molar-refractivity contribution in [2.75, 3.05) is 39.6 Å². The zero-order valence-corrected chi connectivity index (χ0v) is 22.6.